The van der Waals surface area contributed by atoms with Crippen LogP contribution in [0.3, 0.4) is 0 Å². The molecule has 0 unspecified atom stereocenters. The van der Waals surface area contributed by atoms with E-state index in [1.807, 2.05) is 16.7 Å². The summed E-state index contributed by atoms with van der Waals surface area (Å²) in [6.45, 7) is 0. The van der Waals surface area contributed by atoms with E-state index in [0.29, 0.717) is 0 Å². The Morgan fingerprint density at radius 3 is 2.52 bits per heavy atom. The highest BCUT2D eigenvalue weighted by Crippen LogP contribution is 2.41. The predicted molar refractivity (Wildman–Crippen MR) is 137 cm³/mol. The van der Waals surface area contributed by atoms with E-state index in [0.717, 1.165) is 39.0 Å². The zero-order chi connectivity index (χ0) is 22.4. The van der Waals surface area contributed by atoms with Gasteiger partial charge in [0.05, 0.1) is 16.3 Å². The summed E-state index contributed by atoms with van der Waals surface area (Å²) in [6.07, 6.45) is 5.94. The number of rotatable bonds is 3. The van der Waals surface area contributed by atoms with Crippen molar-refractivity contribution in [3.8, 4) is 0 Å². The topological polar surface area (TPSA) is 34.4 Å². The molecule has 0 fully saturated rings. The molecule has 0 bridgehead atoms. The molecular formula is C28H22N2OS2. The number of hydrogen-bond acceptors (Lipinski definition) is 4. The highest BCUT2D eigenvalue weighted by Gasteiger charge is 2.32. The Morgan fingerprint density at radius 1 is 0.970 bits per heavy atom. The predicted octanol–water partition coefficient (Wildman–Crippen LogP) is 5.04. The fourth-order valence-electron chi connectivity index (χ4n) is 4.81. The lowest BCUT2D eigenvalue weighted by molar-refractivity contribution is 0.585. The highest BCUT2D eigenvalue weighted by atomic mass is 32.2. The second-order valence-electron chi connectivity index (χ2n) is 8.30. The number of allylic oxidation sites excluding steroid dienone is 1. The molecule has 1 aromatic heterocycles. The molecule has 1 atom stereocenters. The van der Waals surface area contributed by atoms with Crippen LogP contribution < -0.4 is 14.9 Å². The number of nitrogens with zero attached hydrogens (tertiary/aromatic N) is 2. The maximum absolute atomic E-state index is 13.7. The van der Waals surface area contributed by atoms with Crippen LogP contribution in [0.15, 0.2) is 99.1 Å². The minimum absolute atomic E-state index is 0.0342. The van der Waals surface area contributed by atoms with Gasteiger partial charge < -0.3 is 0 Å². The molecule has 0 spiro atoms. The van der Waals surface area contributed by atoms with Crippen LogP contribution in [0.5, 0.6) is 0 Å². The Bertz CT molecular complexity index is 1560. The second kappa shape index (κ2) is 8.32. The van der Waals surface area contributed by atoms with Crippen molar-refractivity contribution in [1.82, 2.24) is 4.57 Å². The number of thiazole rings is 1. The summed E-state index contributed by atoms with van der Waals surface area (Å²) in [5.74, 6) is 0. The third-order valence-corrected chi connectivity index (χ3v) is 8.13. The summed E-state index contributed by atoms with van der Waals surface area (Å²) in [6, 6.07) is 27.1. The van der Waals surface area contributed by atoms with Crippen LogP contribution in [0.1, 0.15) is 34.7 Å². The first-order valence-corrected chi connectivity index (χ1v) is 13.1. The number of hydrogen-bond donors (Lipinski definition) is 0. The van der Waals surface area contributed by atoms with Crippen LogP contribution in [0.25, 0.3) is 11.8 Å². The molecular weight excluding hydrogens is 444 g/mol. The number of aromatic nitrogens is 1. The summed E-state index contributed by atoms with van der Waals surface area (Å²) in [4.78, 5) is 20.8. The van der Waals surface area contributed by atoms with Crippen LogP contribution in [-0.2, 0) is 6.42 Å². The van der Waals surface area contributed by atoms with Crippen LogP contribution >= 0.6 is 23.1 Å². The van der Waals surface area contributed by atoms with Crippen molar-refractivity contribution in [3.63, 3.8) is 0 Å². The average molecular weight is 467 g/mol. The summed E-state index contributed by atoms with van der Waals surface area (Å²) in [5, 5.41) is 0. The molecule has 0 amide bonds. The van der Waals surface area contributed by atoms with Crippen molar-refractivity contribution in [2.75, 3.05) is 6.26 Å². The SMILES string of the molecule is CSc1ccc(C=c2sc3n(c2=O)[C@H](c2ccccc2)C2=C(N=3)c3ccccc3CC2)cc1. The van der Waals surface area contributed by atoms with Crippen molar-refractivity contribution in [1.29, 1.82) is 0 Å². The summed E-state index contributed by atoms with van der Waals surface area (Å²) in [5.41, 5.74) is 7.02. The first-order valence-electron chi connectivity index (χ1n) is 11.0. The third kappa shape index (κ3) is 3.52. The molecule has 2 aliphatic rings. The van der Waals surface area contributed by atoms with Gasteiger partial charge in [0.15, 0.2) is 4.80 Å². The molecule has 1 aliphatic heterocycles. The molecule has 0 radical (unpaired) electrons. The van der Waals surface area contributed by atoms with Crippen LogP contribution in [-0.4, -0.2) is 10.8 Å². The third-order valence-electron chi connectivity index (χ3n) is 6.40. The molecule has 162 valence electrons. The van der Waals surface area contributed by atoms with Gasteiger partial charge in [-0.2, -0.15) is 0 Å². The van der Waals surface area contributed by atoms with Gasteiger partial charge in [0.1, 0.15) is 0 Å². The molecule has 3 aromatic carbocycles. The van der Waals surface area contributed by atoms with Gasteiger partial charge in [0.2, 0.25) is 0 Å². The largest absolute Gasteiger partial charge is 0.272 e. The van der Waals surface area contributed by atoms with Gasteiger partial charge >= 0.3 is 0 Å². The fraction of sp³-hybridized carbons (Fsp3) is 0.143. The normalized spacial score (nSPS) is 17.2. The zero-order valence-electron chi connectivity index (χ0n) is 18.2. The molecule has 0 saturated carbocycles. The van der Waals surface area contributed by atoms with Crippen LogP contribution in [0.2, 0.25) is 0 Å². The molecule has 0 N–H and O–H groups in total. The maximum Gasteiger partial charge on any atom is 0.271 e. The van der Waals surface area contributed by atoms with Crippen molar-refractivity contribution in [2.24, 2.45) is 4.99 Å². The minimum atomic E-state index is -0.119. The van der Waals surface area contributed by atoms with Crippen LogP contribution in [0.4, 0.5) is 0 Å². The van der Waals surface area contributed by atoms with Gasteiger partial charge in [-0.15, -0.1) is 11.8 Å². The van der Waals surface area contributed by atoms with Crippen molar-refractivity contribution >= 4 is 34.9 Å². The Hall–Kier alpha value is -3.15. The Morgan fingerprint density at radius 2 is 1.73 bits per heavy atom. The molecule has 4 aromatic rings. The van der Waals surface area contributed by atoms with Gasteiger partial charge in [0.25, 0.3) is 5.56 Å². The van der Waals surface area contributed by atoms with E-state index in [1.54, 1.807) is 11.8 Å². The lowest BCUT2D eigenvalue weighted by atomic mass is 9.83. The second-order valence-corrected chi connectivity index (χ2v) is 10.2. The first-order chi connectivity index (χ1) is 16.2. The molecule has 5 heteroatoms. The fourth-order valence-corrected chi connectivity index (χ4v) is 6.22. The van der Waals surface area contributed by atoms with E-state index >= 15 is 0 Å². The van der Waals surface area contributed by atoms with Gasteiger partial charge in [-0.3, -0.25) is 9.36 Å². The van der Waals surface area contributed by atoms with Gasteiger partial charge in [-0.25, -0.2) is 4.99 Å². The van der Waals surface area contributed by atoms with E-state index in [4.69, 9.17) is 4.99 Å². The standard InChI is InChI=1S/C28H22N2OS2/c1-32-21-14-11-18(12-15-21)17-24-27(31)30-26(20-8-3-2-4-9-20)23-16-13-19-7-5-6-10-22(19)25(23)29-28(30)33-24/h2-12,14-15,17,26H,13,16H2,1H3/t26-/m1/s1. The lowest BCUT2D eigenvalue weighted by Gasteiger charge is -2.30. The van der Waals surface area contributed by atoms with E-state index in [1.165, 1.54) is 32.9 Å². The summed E-state index contributed by atoms with van der Waals surface area (Å²) in [7, 11) is 0. The van der Waals surface area contributed by atoms with E-state index in [2.05, 4.69) is 79.1 Å². The Balaban J connectivity index is 1.59. The first kappa shape index (κ1) is 20.5. The Kier molecular flexibility index (Phi) is 5.16. The highest BCUT2D eigenvalue weighted by molar-refractivity contribution is 7.98. The van der Waals surface area contributed by atoms with E-state index in [-0.39, 0.29) is 11.6 Å². The van der Waals surface area contributed by atoms with Gasteiger partial charge in [-0.05, 0) is 59.6 Å². The van der Waals surface area contributed by atoms with E-state index in [9.17, 15) is 4.79 Å². The molecule has 33 heavy (non-hydrogen) atoms. The quantitative estimate of drug-likeness (QED) is 0.397. The monoisotopic (exact) mass is 466 g/mol. The molecule has 1 aliphatic carbocycles. The summed E-state index contributed by atoms with van der Waals surface area (Å²) >= 11 is 3.20. The van der Waals surface area contributed by atoms with Gasteiger partial charge in [-0.1, -0.05) is 78.1 Å². The molecule has 3 nitrogen and oxygen atoms in total. The number of aryl methyl sites for hydroxylation is 1. The number of fused-ring (bicyclic) bond motifs is 3. The van der Waals surface area contributed by atoms with Crippen molar-refractivity contribution in [3.05, 3.63) is 126 Å². The lowest BCUT2D eigenvalue weighted by Crippen LogP contribution is -2.38. The Labute approximate surface area is 200 Å². The maximum atomic E-state index is 13.7. The number of thioether (sulfide) groups is 1. The van der Waals surface area contributed by atoms with E-state index < -0.39 is 0 Å². The molecule has 6 rings (SSSR count). The molecule has 0 saturated heterocycles. The van der Waals surface area contributed by atoms with Crippen LogP contribution in [0, 0.1) is 0 Å². The van der Waals surface area contributed by atoms with Gasteiger partial charge in [0, 0.05) is 10.5 Å². The minimum Gasteiger partial charge on any atom is -0.272 e. The zero-order valence-corrected chi connectivity index (χ0v) is 19.8. The van der Waals surface area contributed by atoms with Crippen molar-refractivity contribution in [2.45, 2.75) is 23.8 Å². The smallest absolute Gasteiger partial charge is 0.271 e. The molecule has 2 heterocycles. The summed E-state index contributed by atoms with van der Waals surface area (Å²) < 4.78 is 2.63. The van der Waals surface area contributed by atoms with Crippen molar-refractivity contribution < 1.29 is 0 Å². The number of benzene rings is 3. The average Bonchev–Trinajstić information content (AvgIpc) is 3.18.